The molecule has 0 saturated carbocycles. The molecule has 16 heavy (non-hydrogen) atoms. The van der Waals surface area contributed by atoms with Crippen molar-refractivity contribution in [2.45, 2.75) is 33.6 Å². The van der Waals surface area contributed by atoms with Crippen LogP contribution in [0.1, 0.15) is 30.9 Å². The van der Waals surface area contributed by atoms with E-state index in [1.807, 2.05) is 17.7 Å². The molecule has 2 aromatic heterocycles. The maximum absolute atomic E-state index is 4.54. The smallest absolute Gasteiger partial charge is 0.157 e. The zero-order valence-electron chi connectivity index (χ0n) is 9.94. The molecule has 4 heteroatoms. The third kappa shape index (κ3) is 1.96. The first-order valence-electron chi connectivity index (χ1n) is 5.61. The van der Waals surface area contributed by atoms with Crippen molar-refractivity contribution in [3.63, 3.8) is 0 Å². The lowest BCUT2D eigenvalue weighted by molar-refractivity contribution is 0.766. The predicted octanol–water partition coefficient (Wildman–Crippen LogP) is 2.10. The third-order valence-corrected chi connectivity index (χ3v) is 2.56. The van der Waals surface area contributed by atoms with Gasteiger partial charge >= 0.3 is 0 Å². The van der Waals surface area contributed by atoms with Crippen LogP contribution >= 0.6 is 0 Å². The summed E-state index contributed by atoms with van der Waals surface area (Å²) in [5.74, 6) is 0.851. The molecule has 84 valence electrons. The van der Waals surface area contributed by atoms with Gasteiger partial charge in [-0.1, -0.05) is 13.8 Å². The zero-order valence-corrected chi connectivity index (χ0v) is 9.94. The van der Waals surface area contributed by atoms with E-state index in [1.165, 1.54) is 5.69 Å². The minimum absolute atomic E-state index is 0.851. The highest BCUT2D eigenvalue weighted by Crippen LogP contribution is 2.12. The lowest BCUT2D eigenvalue weighted by atomic mass is 10.2. The molecule has 0 bridgehead atoms. The van der Waals surface area contributed by atoms with Crippen molar-refractivity contribution < 1.29 is 0 Å². The van der Waals surface area contributed by atoms with E-state index < -0.39 is 0 Å². The monoisotopic (exact) mass is 216 g/mol. The summed E-state index contributed by atoms with van der Waals surface area (Å²) in [6.07, 6.45) is 3.48. The second-order valence-corrected chi connectivity index (χ2v) is 3.76. The summed E-state index contributed by atoms with van der Waals surface area (Å²) in [6, 6.07) is 4.09. The van der Waals surface area contributed by atoms with Crippen molar-refractivity contribution in [1.29, 1.82) is 0 Å². The fourth-order valence-electron chi connectivity index (χ4n) is 1.65. The Hall–Kier alpha value is -1.71. The van der Waals surface area contributed by atoms with Crippen LogP contribution in [0.25, 0.3) is 5.82 Å². The van der Waals surface area contributed by atoms with Crippen LogP contribution in [0.4, 0.5) is 0 Å². The Morgan fingerprint density at radius 1 is 1.12 bits per heavy atom. The lowest BCUT2D eigenvalue weighted by Gasteiger charge is -2.04. The second-order valence-electron chi connectivity index (χ2n) is 3.76. The van der Waals surface area contributed by atoms with Gasteiger partial charge in [0, 0.05) is 17.5 Å². The molecule has 0 atom stereocenters. The Bertz CT molecular complexity index is 488. The van der Waals surface area contributed by atoms with Gasteiger partial charge in [0.2, 0.25) is 0 Å². The van der Waals surface area contributed by atoms with Crippen molar-refractivity contribution >= 4 is 0 Å². The van der Waals surface area contributed by atoms with Gasteiger partial charge in [-0.3, -0.25) is 0 Å². The number of hydrogen-bond donors (Lipinski definition) is 0. The van der Waals surface area contributed by atoms with Gasteiger partial charge < -0.3 is 0 Å². The fourth-order valence-corrected chi connectivity index (χ4v) is 1.65. The van der Waals surface area contributed by atoms with Crippen LogP contribution in [0.15, 0.2) is 18.5 Å². The Balaban J connectivity index is 2.50. The van der Waals surface area contributed by atoms with Crippen molar-refractivity contribution in [3.8, 4) is 5.82 Å². The fraction of sp³-hybridized carbons (Fsp3) is 0.417. The van der Waals surface area contributed by atoms with E-state index in [9.17, 15) is 0 Å². The molecular weight excluding hydrogens is 200 g/mol. The van der Waals surface area contributed by atoms with Crippen LogP contribution in [0.3, 0.4) is 0 Å². The van der Waals surface area contributed by atoms with Crippen molar-refractivity contribution in [1.82, 2.24) is 19.7 Å². The Labute approximate surface area is 95.4 Å². The molecule has 0 amide bonds. The van der Waals surface area contributed by atoms with Crippen LogP contribution in [0.5, 0.6) is 0 Å². The van der Waals surface area contributed by atoms with Crippen molar-refractivity contribution in [3.05, 3.63) is 35.5 Å². The minimum atomic E-state index is 0.851. The highest BCUT2D eigenvalue weighted by Gasteiger charge is 2.08. The molecule has 2 aromatic rings. The summed E-state index contributed by atoms with van der Waals surface area (Å²) in [4.78, 5) is 8.35. The molecule has 0 radical (unpaired) electrons. The van der Waals surface area contributed by atoms with Crippen LogP contribution < -0.4 is 0 Å². The van der Waals surface area contributed by atoms with E-state index in [4.69, 9.17) is 0 Å². The molecule has 2 rings (SSSR count). The van der Waals surface area contributed by atoms with E-state index in [2.05, 4.69) is 35.0 Å². The highest BCUT2D eigenvalue weighted by molar-refractivity contribution is 5.27. The summed E-state index contributed by atoms with van der Waals surface area (Å²) in [7, 11) is 0. The first-order valence-corrected chi connectivity index (χ1v) is 5.61. The number of nitrogens with zero attached hydrogens (tertiary/aromatic N) is 4. The Morgan fingerprint density at radius 3 is 2.56 bits per heavy atom. The van der Waals surface area contributed by atoms with Gasteiger partial charge in [-0.25, -0.2) is 14.6 Å². The summed E-state index contributed by atoms with van der Waals surface area (Å²) >= 11 is 0. The molecule has 0 aromatic carbocycles. The SMILES string of the molecule is CCc1cc(CC)n(-c2cc(C)ncn2)n1. The molecule has 2 heterocycles. The van der Waals surface area contributed by atoms with Gasteiger partial charge in [-0.2, -0.15) is 5.10 Å². The molecule has 0 aliphatic rings. The molecule has 4 nitrogen and oxygen atoms in total. The summed E-state index contributed by atoms with van der Waals surface area (Å²) < 4.78 is 1.91. The van der Waals surface area contributed by atoms with Crippen molar-refractivity contribution in [2.24, 2.45) is 0 Å². The second kappa shape index (κ2) is 4.43. The molecule has 0 fully saturated rings. The largest absolute Gasteiger partial charge is 0.242 e. The topological polar surface area (TPSA) is 43.6 Å². The molecule has 0 spiro atoms. The van der Waals surface area contributed by atoms with Crippen LogP contribution in [-0.2, 0) is 12.8 Å². The van der Waals surface area contributed by atoms with Gasteiger partial charge in [0.25, 0.3) is 0 Å². The maximum Gasteiger partial charge on any atom is 0.157 e. The maximum atomic E-state index is 4.54. The van der Waals surface area contributed by atoms with Gasteiger partial charge in [0.05, 0.1) is 5.69 Å². The third-order valence-electron chi connectivity index (χ3n) is 2.56. The number of aryl methyl sites for hydroxylation is 3. The van der Waals surface area contributed by atoms with E-state index >= 15 is 0 Å². The first-order chi connectivity index (χ1) is 7.74. The minimum Gasteiger partial charge on any atom is -0.242 e. The van der Waals surface area contributed by atoms with Crippen molar-refractivity contribution in [2.75, 3.05) is 0 Å². The van der Waals surface area contributed by atoms with Crippen LogP contribution in [-0.4, -0.2) is 19.7 Å². The molecule has 0 saturated heterocycles. The molecule has 0 unspecified atom stereocenters. The van der Waals surface area contributed by atoms with E-state index in [0.29, 0.717) is 0 Å². The van der Waals surface area contributed by atoms with Gasteiger partial charge in [0.1, 0.15) is 6.33 Å². The predicted molar refractivity (Wildman–Crippen MR) is 62.6 cm³/mol. The van der Waals surface area contributed by atoms with Crippen LogP contribution in [0, 0.1) is 6.92 Å². The lowest BCUT2D eigenvalue weighted by Crippen LogP contribution is -2.04. The highest BCUT2D eigenvalue weighted by atomic mass is 15.3. The van der Waals surface area contributed by atoms with Gasteiger partial charge in [-0.15, -0.1) is 0 Å². The molecule has 0 aliphatic carbocycles. The van der Waals surface area contributed by atoms with Crippen LogP contribution in [0.2, 0.25) is 0 Å². The zero-order chi connectivity index (χ0) is 11.5. The molecular formula is C12H16N4. The molecule has 0 N–H and O–H groups in total. The quantitative estimate of drug-likeness (QED) is 0.789. The van der Waals surface area contributed by atoms with E-state index in [1.54, 1.807) is 6.33 Å². The van der Waals surface area contributed by atoms with E-state index in [-0.39, 0.29) is 0 Å². The number of rotatable bonds is 3. The number of hydrogen-bond acceptors (Lipinski definition) is 3. The van der Waals surface area contributed by atoms with E-state index in [0.717, 1.165) is 30.0 Å². The summed E-state index contributed by atoms with van der Waals surface area (Å²) in [6.45, 7) is 6.19. The van der Waals surface area contributed by atoms with Gasteiger partial charge in [0.15, 0.2) is 5.82 Å². The normalized spacial score (nSPS) is 10.7. The summed E-state index contributed by atoms with van der Waals surface area (Å²) in [5, 5.41) is 4.54. The summed E-state index contributed by atoms with van der Waals surface area (Å²) in [5.41, 5.74) is 3.25. The standard InChI is InChI=1S/C12H16N4/c1-4-10-7-11(5-2)16(15-10)12-6-9(3)13-8-14-12/h6-8H,4-5H2,1-3H3. The number of aromatic nitrogens is 4. The average molecular weight is 216 g/mol. The average Bonchev–Trinajstić information content (AvgIpc) is 2.72. The Morgan fingerprint density at radius 2 is 1.94 bits per heavy atom. The first kappa shape index (κ1) is 10.8. The molecule has 0 aliphatic heterocycles. The Kier molecular flexibility index (Phi) is 2.99. The van der Waals surface area contributed by atoms with Gasteiger partial charge in [-0.05, 0) is 25.8 Å².